The number of hydrogen-bond donors (Lipinski definition) is 1. The quantitative estimate of drug-likeness (QED) is 0.457. The fourth-order valence-electron chi connectivity index (χ4n) is 3.19. The molecule has 2 heterocycles. The number of benzene rings is 2. The molecule has 1 saturated heterocycles. The van der Waals surface area contributed by atoms with E-state index < -0.39 is 5.91 Å². The maximum Gasteiger partial charge on any atom is 0.322 e. The predicted octanol–water partition coefficient (Wildman–Crippen LogP) is 4.14. The smallest absolute Gasteiger partial charge is 0.322 e. The average molecular weight is 436 g/mol. The van der Waals surface area contributed by atoms with Crippen LogP contribution in [0.15, 0.2) is 57.8 Å². The number of aromatic nitrogens is 2. The first-order valence-electron chi connectivity index (χ1n) is 9.78. The molecule has 3 amide bonds. The summed E-state index contributed by atoms with van der Waals surface area (Å²) in [5, 5.41) is 10.9. The lowest BCUT2D eigenvalue weighted by Crippen LogP contribution is -2.28. The van der Waals surface area contributed by atoms with Crippen LogP contribution >= 0.6 is 11.8 Å². The number of carbonyl (C=O) groups excluding carboxylic acids is 3. The van der Waals surface area contributed by atoms with Gasteiger partial charge in [0.15, 0.2) is 0 Å². The molecule has 0 bridgehead atoms. The van der Waals surface area contributed by atoms with Crippen molar-refractivity contribution in [1.82, 2.24) is 10.2 Å². The lowest BCUT2D eigenvalue weighted by atomic mass is 10.2. The van der Waals surface area contributed by atoms with Gasteiger partial charge in [-0.15, -0.1) is 16.9 Å². The molecule has 8 nitrogen and oxygen atoms in total. The van der Waals surface area contributed by atoms with E-state index in [1.807, 2.05) is 24.3 Å². The summed E-state index contributed by atoms with van der Waals surface area (Å²) in [7, 11) is 0. The number of nitrogens with zero attached hydrogens (tertiary/aromatic N) is 3. The van der Waals surface area contributed by atoms with Gasteiger partial charge in [-0.2, -0.15) is 0 Å². The zero-order chi connectivity index (χ0) is 22.0. The lowest BCUT2D eigenvalue weighted by Gasteiger charge is -2.14. The van der Waals surface area contributed by atoms with Crippen LogP contribution in [0.5, 0.6) is 0 Å². The van der Waals surface area contributed by atoms with Crippen molar-refractivity contribution in [2.24, 2.45) is 0 Å². The van der Waals surface area contributed by atoms with E-state index in [0.717, 1.165) is 15.4 Å². The Morgan fingerprint density at radius 2 is 1.81 bits per heavy atom. The number of amides is 3. The van der Waals surface area contributed by atoms with E-state index >= 15 is 0 Å². The molecule has 1 aliphatic rings. The fraction of sp³-hybridized carbons (Fsp3) is 0.227. The first kappa shape index (κ1) is 20.8. The number of nitrogens with one attached hydrogen (secondary N) is 1. The number of rotatable bonds is 6. The third-order valence-corrected chi connectivity index (χ3v) is 5.51. The van der Waals surface area contributed by atoms with Gasteiger partial charge < -0.3 is 4.42 Å². The second-order valence-electron chi connectivity index (χ2n) is 7.23. The Bertz CT molecular complexity index is 1140. The maximum atomic E-state index is 12.6. The Balaban J connectivity index is 1.49. The molecule has 1 N–H and O–H groups in total. The molecule has 0 unspecified atom stereocenters. The van der Waals surface area contributed by atoms with Gasteiger partial charge in [0, 0.05) is 34.1 Å². The minimum absolute atomic E-state index is 0.0411. The van der Waals surface area contributed by atoms with E-state index in [1.54, 1.807) is 30.0 Å². The minimum atomic E-state index is -0.486. The van der Waals surface area contributed by atoms with Crippen molar-refractivity contribution >= 4 is 41.2 Å². The summed E-state index contributed by atoms with van der Waals surface area (Å²) in [5.74, 6) is -0.743. The van der Waals surface area contributed by atoms with E-state index in [9.17, 15) is 14.4 Å². The molecule has 0 saturated carbocycles. The van der Waals surface area contributed by atoms with Gasteiger partial charge in [-0.05, 0) is 36.4 Å². The molecule has 31 heavy (non-hydrogen) atoms. The molecule has 9 heteroatoms. The molecule has 1 aromatic heterocycles. The lowest BCUT2D eigenvalue weighted by molar-refractivity contribution is -0.121. The second kappa shape index (κ2) is 8.73. The molecule has 0 aliphatic carbocycles. The van der Waals surface area contributed by atoms with Crippen LogP contribution in [0.2, 0.25) is 0 Å². The van der Waals surface area contributed by atoms with Crippen LogP contribution < -0.4 is 10.2 Å². The Labute approximate surface area is 183 Å². The van der Waals surface area contributed by atoms with E-state index in [2.05, 4.69) is 29.4 Å². The number of hydrogen-bond acceptors (Lipinski definition) is 7. The van der Waals surface area contributed by atoms with Crippen LogP contribution in [-0.2, 0) is 9.59 Å². The van der Waals surface area contributed by atoms with Gasteiger partial charge in [-0.25, -0.2) is 0 Å². The highest BCUT2D eigenvalue weighted by Crippen LogP contribution is 2.28. The van der Waals surface area contributed by atoms with Crippen LogP contribution in [0.4, 0.5) is 11.7 Å². The molecule has 1 fully saturated rings. The second-order valence-corrected chi connectivity index (χ2v) is 8.88. The summed E-state index contributed by atoms with van der Waals surface area (Å²) in [6.07, 6.45) is 0.355. The zero-order valence-corrected chi connectivity index (χ0v) is 17.8. The third kappa shape index (κ3) is 4.66. The maximum absolute atomic E-state index is 12.6. The molecule has 0 atom stereocenters. The SMILES string of the molecule is CC(C)Sc1cccc(-c2nnc(NC(=O)c3cccc(N4C(=O)CCC4=O)c3)o2)c1. The summed E-state index contributed by atoms with van der Waals surface area (Å²) in [6.45, 7) is 4.23. The van der Waals surface area contributed by atoms with E-state index in [-0.39, 0.29) is 36.2 Å². The average Bonchev–Trinajstić information content (AvgIpc) is 3.34. The van der Waals surface area contributed by atoms with Crippen molar-refractivity contribution in [3.05, 3.63) is 54.1 Å². The standard InChI is InChI=1S/C22H20N4O4S/c1-13(2)31-17-8-4-6-15(12-17)21-24-25-22(30-21)23-20(29)14-5-3-7-16(11-14)26-18(27)9-10-19(26)28/h3-8,11-13H,9-10H2,1-2H3,(H,23,25,29). The van der Waals surface area contributed by atoms with E-state index in [0.29, 0.717) is 16.8 Å². The molecule has 0 radical (unpaired) electrons. The molecular formula is C22H20N4O4S. The molecule has 158 valence electrons. The van der Waals surface area contributed by atoms with Crippen LogP contribution in [0.1, 0.15) is 37.0 Å². The van der Waals surface area contributed by atoms with Crippen LogP contribution in [-0.4, -0.2) is 33.2 Å². The van der Waals surface area contributed by atoms with Crippen molar-refractivity contribution < 1.29 is 18.8 Å². The Kier molecular flexibility index (Phi) is 5.85. The van der Waals surface area contributed by atoms with Gasteiger partial charge in [0.05, 0.1) is 5.69 Å². The molecule has 0 spiro atoms. The molecule has 4 rings (SSSR count). The Hall–Kier alpha value is -3.46. The van der Waals surface area contributed by atoms with E-state index in [4.69, 9.17) is 4.42 Å². The zero-order valence-electron chi connectivity index (χ0n) is 17.0. The fourth-order valence-corrected chi connectivity index (χ4v) is 4.08. The molecule has 3 aromatic rings. The molecular weight excluding hydrogens is 416 g/mol. The van der Waals surface area contributed by atoms with Gasteiger partial charge in [0.2, 0.25) is 17.7 Å². The normalized spacial score (nSPS) is 13.8. The first-order valence-corrected chi connectivity index (χ1v) is 10.7. The topological polar surface area (TPSA) is 105 Å². The number of anilines is 2. The van der Waals surface area contributed by atoms with Crippen LogP contribution in [0.3, 0.4) is 0 Å². The van der Waals surface area contributed by atoms with Gasteiger partial charge in [-0.3, -0.25) is 24.6 Å². The summed E-state index contributed by atoms with van der Waals surface area (Å²) < 4.78 is 5.60. The van der Waals surface area contributed by atoms with Crippen molar-refractivity contribution in [2.75, 3.05) is 10.2 Å². The Morgan fingerprint density at radius 1 is 1.06 bits per heavy atom. The third-order valence-electron chi connectivity index (χ3n) is 4.52. The molecule has 2 aromatic carbocycles. The monoisotopic (exact) mass is 436 g/mol. The Morgan fingerprint density at radius 3 is 2.55 bits per heavy atom. The highest BCUT2D eigenvalue weighted by Gasteiger charge is 2.30. The van der Waals surface area contributed by atoms with Crippen LogP contribution in [0.25, 0.3) is 11.5 Å². The van der Waals surface area contributed by atoms with Crippen molar-refractivity contribution in [2.45, 2.75) is 36.8 Å². The highest BCUT2D eigenvalue weighted by molar-refractivity contribution is 7.99. The van der Waals surface area contributed by atoms with E-state index in [1.165, 1.54) is 6.07 Å². The minimum Gasteiger partial charge on any atom is -0.403 e. The van der Waals surface area contributed by atoms with Crippen molar-refractivity contribution in [1.29, 1.82) is 0 Å². The van der Waals surface area contributed by atoms with Crippen molar-refractivity contribution in [3.8, 4) is 11.5 Å². The number of imide groups is 1. The first-order chi connectivity index (χ1) is 14.9. The highest BCUT2D eigenvalue weighted by atomic mass is 32.2. The van der Waals surface area contributed by atoms with Gasteiger partial charge in [0.25, 0.3) is 5.91 Å². The van der Waals surface area contributed by atoms with Gasteiger partial charge in [-0.1, -0.05) is 31.1 Å². The van der Waals surface area contributed by atoms with Crippen LogP contribution in [0, 0.1) is 0 Å². The number of thioether (sulfide) groups is 1. The van der Waals surface area contributed by atoms with Gasteiger partial charge in [0.1, 0.15) is 0 Å². The van der Waals surface area contributed by atoms with Gasteiger partial charge >= 0.3 is 6.01 Å². The summed E-state index contributed by atoms with van der Waals surface area (Å²) >= 11 is 1.72. The summed E-state index contributed by atoms with van der Waals surface area (Å²) in [6, 6.07) is 14.0. The largest absolute Gasteiger partial charge is 0.403 e. The summed E-state index contributed by atoms with van der Waals surface area (Å²) in [5.41, 5.74) is 1.39. The number of carbonyl (C=O) groups is 3. The summed E-state index contributed by atoms with van der Waals surface area (Å²) in [4.78, 5) is 38.7. The van der Waals surface area contributed by atoms with Crippen molar-refractivity contribution in [3.63, 3.8) is 0 Å². The molecule has 1 aliphatic heterocycles. The predicted molar refractivity (Wildman–Crippen MR) is 117 cm³/mol.